The van der Waals surface area contributed by atoms with Crippen molar-refractivity contribution in [3.05, 3.63) is 28.3 Å². The van der Waals surface area contributed by atoms with Gasteiger partial charge in [-0.15, -0.1) is 25.6 Å². The third-order valence-electron chi connectivity index (χ3n) is 1.55. The van der Waals surface area contributed by atoms with Gasteiger partial charge in [0.2, 0.25) is 0 Å². The molecular weight excluding hydrogens is 267 g/mol. The maximum absolute atomic E-state index is 11.8. The highest BCUT2D eigenvalue weighted by atomic mass is 35.5. The summed E-state index contributed by atoms with van der Waals surface area (Å²) in [6.07, 6.45) is -4.90. The molecule has 1 rings (SSSR count). The molecule has 1 aromatic rings. The number of hydrazine groups is 1. The van der Waals surface area contributed by atoms with Crippen LogP contribution in [0.25, 0.3) is 0 Å². The molecule has 1 aromatic carbocycles. The Morgan fingerprint density at radius 2 is 2.00 bits per heavy atom. The third kappa shape index (κ3) is 4.33. The molecule has 17 heavy (non-hydrogen) atoms. The predicted octanol–water partition coefficient (Wildman–Crippen LogP) is 2.20. The Kier molecular flexibility index (Phi) is 4.98. The second-order valence-electron chi connectivity index (χ2n) is 2.63. The van der Waals surface area contributed by atoms with Crippen molar-refractivity contribution >= 4 is 23.8 Å². The van der Waals surface area contributed by atoms with Crippen molar-refractivity contribution in [3.63, 3.8) is 0 Å². The minimum atomic E-state index is -4.90. The first kappa shape index (κ1) is 15.3. The molecule has 0 aliphatic heterocycles. The molecule has 0 unspecified atom stereocenters. The van der Waals surface area contributed by atoms with Crippen molar-refractivity contribution in [1.29, 1.82) is 0 Å². The van der Waals surface area contributed by atoms with Crippen LogP contribution < -0.4 is 16.0 Å². The fraction of sp³-hybridized carbons (Fsp3) is 0.143. The molecule has 10 heteroatoms. The third-order valence-corrected chi connectivity index (χ3v) is 1.55. The lowest BCUT2D eigenvalue weighted by Gasteiger charge is -2.09. The Bertz CT molecular complexity index is 413. The van der Waals surface area contributed by atoms with Gasteiger partial charge in [-0.25, -0.2) is 0 Å². The number of nitro benzene ring substituents is 1. The van der Waals surface area contributed by atoms with E-state index in [0.29, 0.717) is 6.07 Å². The SMILES string of the molecule is Cl.NNc1ccc(OC(F)(F)F)cc1[N+](=O)[O-]. The van der Waals surface area contributed by atoms with E-state index in [9.17, 15) is 23.3 Å². The highest BCUT2D eigenvalue weighted by Gasteiger charge is 2.32. The summed E-state index contributed by atoms with van der Waals surface area (Å²) in [6, 6.07) is 2.55. The quantitative estimate of drug-likeness (QED) is 0.500. The number of alkyl halides is 3. The lowest BCUT2D eigenvalue weighted by molar-refractivity contribution is -0.384. The van der Waals surface area contributed by atoms with Crippen LogP contribution in [-0.2, 0) is 0 Å². The summed E-state index contributed by atoms with van der Waals surface area (Å²) in [7, 11) is 0. The van der Waals surface area contributed by atoms with E-state index in [2.05, 4.69) is 4.74 Å². The zero-order valence-corrected chi connectivity index (χ0v) is 8.84. The van der Waals surface area contributed by atoms with Crippen LogP contribution in [0.5, 0.6) is 5.75 Å². The molecule has 0 aliphatic carbocycles. The van der Waals surface area contributed by atoms with Crippen molar-refractivity contribution in [2.45, 2.75) is 6.36 Å². The molecule has 0 aromatic heterocycles. The fourth-order valence-electron chi connectivity index (χ4n) is 0.982. The number of nitrogen functional groups attached to an aromatic ring is 1. The molecule has 0 saturated heterocycles. The first-order valence-corrected chi connectivity index (χ1v) is 3.84. The summed E-state index contributed by atoms with van der Waals surface area (Å²) >= 11 is 0. The largest absolute Gasteiger partial charge is 0.573 e. The van der Waals surface area contributed by atoms with Crippen molar-refractivity contribution in [2.75, 3.05) is 5.43 Å². The maximum atomic E-state index is 11.8. The van der Waals surface area contributed by atoms with Crippen molar-refractivity contribution in [1.82, 2.24) is 0 Å². The number of ether oxygens (including phenoxy) is 1. The van der Waals surface area contributed by atoms with Gasteiger partial charge in [-0.2, -0.15) is 0 Å². The fourth-order valence-corrected chi connectivity index (χ4v) is 0.982. The summed E-state index contributed by atoms with van der Waals surface area (Å²) in [5, 5.41) is 10.5. The highest BCUT2D eigenvalue weighted by molar-refractivity contribution is 5.85. The second-order valence-corrected chi connectivity index (χ2v) is 2.63. The van der Waals surface area contributed by atoms with Gasteiger partial charge in [0.15, 0.2) is 0 Å². The van der Waals surface area contributed by atoms with Gasteiger partial charge in [-0.3, -0.25) is 16.0 Å². The van der Waals surface area contributed by atoms with Gasteiger partial charge < -0.3 is 10.2 Å². The summed E-state index contributed by atoms with van der Waals surface area (Å²) in [5.41, 5.74) is 1.27. The van der Waals surface area contributed by atoms with E-state index < -0.39 is 22.7 Å². The van der Waals surface area contributed by atoms with Crippen LogP contribution in [0, 0.1) is 10.1 Å². The summed E-state index contributed by atoms with van der Waals surface area (Å²) in [4.78, 5) is 9.60. The Morgan fingerprint density at radius 3 is 2.41 bits per heavy atom. The van der Waals surface area contributed by atoms with E-state index in [1.807, 2.05) is 5.43 Å². The Balaban J connectivity index is 0.00000256. The van der Waals surface area contributed by atoms with Crippen molar-refractivity contribution < 1.29 is 22.8 Å². The molecule has 3 N–H and O–H groups in total. The molecule has 0 aliphatic rings. The van der Waals surface area contributed by atoms with E-state index in [1.165, 1.54) is 0 Å². The summed E-state index contributed by atoms with van der Waals surface area (Å²) in [5.74, 6) is 4.27. The summed E-state index contributed by atoms with van der Waals surface area (Å²) in [6.45, 7) is 0. The van der Waals surface area contributed by atoms with E-state index in [1.54, 1.807) is 0 Å². The summed E-state index contributed by atoms with van der Waals surface area (Å²) < 4.78 is 39.0. The van der Waals surface area contributed by atoms with Gasteiger partial charge in [0.1, 0.15) is 11.4 Å². The average Bonchev–Trinajstić information content (AvgIpc) is 2.15. The van der Waals surface area contributed by atoms with Gasteiger partial charge in [-0.05, 0) is 12.1 Å². The van der Waals surface area contributed by atoms with Gasteiger partial charge in [-0.1, -0.05) is 0 Å². The Labute approximate surface area is 99.1 Å². The van der Waals surface area contributed by atoms with Crippen LogP contribution >= 0.6 is 12.4 Å². The zero-order chi connectivity index (χ0) is 12.3. The lowest BCUT2D eigenvalue weighted by atomic mass is 10.2. The average molecular weight is 274 g/mol. The zero-order valence-electron chi connectivity index (χ0n) is 8.02. The van der Waals surface area contributed by atoms with Gasteiger partial charge in [0.25, 0.3) is 5.69 Å². The minimum absolute atomic E-state index is 0. The number of hydrogen-bond donors (Lipinski definition) is 2. The van der Waals surface area contributed by atoms with E-state index in [-0.39, 0.29) is 18.1 Å². The van der Waals surface area contributed by atoms with Crippen molar-refractivity contribution in [3.8, 4) is 5.75 Å². The number of nitrogens with zero attached hydrogens (tertiary/aromatic N) is 1. The first-order chi connectivity index (χ1) is 7.33. The van der Waals surface area contributed by atoms with Crippen LogP contribution in [0.2, 0.25) is 0 Å². The molecule has 0 atom stereocenters. The molecule has 96 valence electrons. The molecule has 6 nitrogen and oxygen atoms in total. The number of nitrogens with two attached hydrogens (primary N) is 1. The van der Waals surface area contributed by atoms with Crippen LogP contribution in [0.3, 0.4) is 0 Å². The molecule has 0 heterocycles. The molecule has 0 amide bonds. The number of nitro groups is 1. The van der Waals surface area contributed by atoms with Crippen LogP contribution in [0.15, 0.2) is 18.2 Å². The number of benzene rings is 1. The number of anilines is 1. The van der Waals surface area contributed by atoms with Crippen LogP contribution in [0.4, 0.5) is 24.5 Å². The molecule has 0 spiro atoms. The molecular formula is C7H7ClF3N3O3. The van der Waals surface area contributed by atoms with E-state index in [0.717, 1.165) is 12.1 Å². The van der Waals surface area contributed by atoms with Gasteiger partial charge >= 0.3 is 6.36 Å². The van der Waals surface area contributed by atoms with E-state index in [4.69, 9.17) is 5.84 Å². The molecule has 0 fully saturated rings. The highest BCUT2D eigenvalue weighted by Crippen LogP contribution is 2.31. The number of nitrogens with one attached hydrogen (secondary N) is 1. The second kappa shape index (κ2) is 5.55. The smallest absolute Gasteiger partial charge is 0.406 e. The van der Waals surface area contributed by atoms with Crippen molar-refractivity contribution in [2.24, 2.45) is 5.84 Å². The molecule has 0 radical (unpaired) electrons. The van der Waals surface area contributed by atoms with Gasteiger partial charge in [0.05, 0.1) is 11.0 Å². The maximum Gasteiger partial charge on any atom is 0.573 e. The minimum Gasteiger partial charge on any atom is -0.406 e. The predicted molar refractivity (Wildman–Crippen MR) is 54.8 cm³/mol. The van der Waals surface area contributed by atoms with Crippen LogP contribution in [0.1, 0.15) is 0 Å². The monoisotopic (exact) mass is 273 g/mol. The Morgan fingerprint density at radius 1 is 1.41 bits per heavy atom. The number of halogens is 4. The van der Waals surface area contributed by atoms with E-state index >= 15 is 0 Å². The first-order valence-electron chi connectivity index (χ1n) is 3.84. The van der Waals surface area contributed by atoms with Crippen LogP contribution in [-0.4, -0.2) is 11.3 Å². The topological polar surface area (TPSA) is 90.4 Å². The Hall–Kier alpha value is -1.74. The normalized spacial score (nSPS) is 10.4. The molecule has 0 saturated carbocycles. The molecule has 0 bridgehead atoms. The number of rotatable bonds is 3. The van der Waals surface area contributed by atoms with Gasteiger partial charge in [0, 0.05) is 0 Å². The number of hydrogen-bond acceptors (Lipinski definition) is 5. The lowest BCUT2D eigenvalue weighted by Crippen LogP contribution is -2.17. The standard InChI is InChI=1S/C7H6F3N3O3.ClH/c8-7(9,10)16-4-1-2-5(12-11)6(3-4)13(14)15;/h1-3,12H,11H2;1H.